The number of benzene rings is 2. The van der Waals surface area contributed by atoms with Gasteiger partial charge in [-0.05, 0) is 48.1 Å². The third-order valence-corrected chi connectivity index (χ3v) is 4.36. The van der Waals surface area contributed by atoms with Crippen molar-refractivity contribution in [3.8, 4) is 11.5 Å². The van der Waals surface area contributed by atoms with E-state index in [1.165, 1.54) is 17.5 Å². The highest BCUT2D eigenvalue weighted by Gasteiger charge is 2.14. The van der Waals surface area contributed by atoms with Gasteiger partial charge in [-0.3, -0.25) is 4.79 Å². The molecule has 0 fully saturated rings. The molecule has 2 aromatic carbocycles. The lowest BCUT2D eigenvalue weighted by Gasteiger charge is -2.05. The van der Waals surface area contributed by atoms with Gasteiger partial charge in [-0.1, -0.05) is 36.4 Å². The molecular weight excluding hydrogens is 316 g/mol. The quantitative estimate of drug-likeness (QED) is 0.668. The summed E-state index contributed by atoms with van der Waals surface area (Å²) in [5.41, 5.74) is 4.58. The van der Waals surface area contributed by atoms with Crippen molar-refractivity contribution in [2.24, 2.45) is 0 Å². The number of hydrogen-bond acceptors (Lipinski definition) is 5. The minimum atomic E-state index is -0.294. The molecule has 0 aliphatic heterocycles. The molecule has 4 rings (SSSR count). The second kappa shape index (κ2) is 6.89. The number of ether oxygens (including phenoxy) is 1. The highest BCUT2D eigenvalue weighted by atomic mass is 16.5. The van der Waals surface area contributed by atoms with Gasteiger partial charge >= 0.3 is 5.97 Å². The lowest BCUT2D eigenvalue weighted by molar-refractivity contribution is -0.144. The molecule has 1 heterocycles. The van der Waals surface area contributed by atoms with Gasteiger partial charge in [0, 0.05) is 5.56 Å². The van der Waals surface area contributed by atoms with Crippen molar-refractivity contribution >= 4 is 5.97 Å². The number of carbonyl (C=O) groups excluding carboxylic acids is 1. The van der Waals surface area contributed by atoms with Crippen LogP contribution in [-0.2, 0) is 35.4 Å². The van der Waals surface area contributed by atoms with Crippen LogP contribution in [0, 0.1) is 0 Å². The largest absolute Gasteiger partial charge is 0.455 e. The van der Waals surface area contributed by atoms with Gasteiger partial charge in [0.25, 0.3) is 5.89 Å². The predicted octanol–water partition coefficient (Wildman–Crippen LogP) is 3.51. The van der Waals surface area contributed by atoms with E-state index in [4.69, 9.17) is 9.15 Å². The topological polar surface area (TPSA) is 65.2 Å². The van der Waals surface area contributed by atoms with Gasteiger partial charge in [0.15, 0.2) is 6.61 Å². The molecule has 1 aliphatic carbocycles. The van der Waals surface area contributed by atoms with Crippen LogP contribution in [0.1, 0.15) is 29.0 Å². The molecule has 1 aliphatic rings. The van der Waals surface area contributed by atoms with Gasteiger partial charge in [-0.25, -0.2) is 0 Å². The monoisotopic (exact) mass is 334 g/mol. The van der Waals surface area contributed by atoms with Gasteiger partial charge in [-0.2, -0.15) is 0 Å². The summed E-state index contributed by atoms with van der Waals surface area (Å²) in [6, 6.07) is 15.7. The second-order valence-corrected chi connectivity index (χ2v) is 6.16. The fourth-order valence-corrected chi connectivity index (χ4v) is 3.10. The zero-order valence-corrected chi connectivity index (χ0v) is 13.8. The molecule has 5 heteroatoms. The standard InChI is InChI=1S/C20H18N2O3/c23-19(12-14-9-10-15-7-4-8-17(15)11-14)24-13-18-21-22-20(25-18)16-5-2-1-3-6-16/h1-3,5-6,9-11H,4,7-8,12-13H2. The van der Waals surface area contributed by atoms with Crippen molar-refractivity contribution in [3.63, 3.8) is 0 Å². The van der Waals surface area contributed by atoms with Crippen LogP contribution >= 0.6 is 0 Å². The Morgan fingerprint density at radius 2 is 1.88 bits per heavy atom. The minimum Gasteiger partial charge on any atom is -0.455 e. The molecule has 0 amide bonds. The average molecular weight is 334 g/mol. The van der Waals surface area contributed by atoms with Crippen LogP contribution in [-0.4, -0.2) is 16.2 Å². The first-order valence-electron chi connectivity index (χ1n) is 8.42. The van der Waals surface area contributed by atoms with Crippen LogP contribution in [0.25, 0.3) is 11.5 Å². The van der Waals surface area contributed by atoms with E-state index in [0.717, 1.165) is 24.0 Å². The van der Waals surface area contributed by atoms with E-state index in [2.05, 4.69) is 22.3 Å². The number of esters is 1. The van der Waals surface area contributed by atoms with Crippen LogP contribution in [0.15, 0.2) is 52.9 Å². The number of fused-ring (bicyclic) bond motifs is 1. The van der Waals surface area contributed by atoms with Gasteiger partial charge in [0.1, 0.15) is 0 Å². The lowest BCUT2D eigenvalue weighted by Crippen LogP contribution is -2.08. The molecule has 0 spiro atoms. The lowest BCUT2D eigenvalue weighted by atomic mass is 10.0. The zero-order valence-electron chi connectivity index (χ0n) is 13.8. The normalized spacial score (nSPS) is 12.8. The van der Waals surface area contributed by atoms with Crippen molar-refractivity contribution in [1.82, 2.24) is 10.2 Å². The Bertz CT molecular complexity index is 887. The summed E-state index contributed by atoms with van der Waals surface area (Å²) in [6.07, 6.45) is 3.69. The average Bonchev–Trinajstić information content (AvgIpc) is 3.30. The van der Waals surface area contributed by atoms with E-state index < -0.39 is 0 Å². The molecule has 5 nitrogen and oxygen atoms in total. The Morgan fingerprint density at radius 1 is 1.04 bits per heavy atom. The summed E-state index contributed by atoms with van der Waals surface area (Å²) in [5, 5.41) is 7.90. The number of aromatic nitrogens is 2. The summed E-state index contributed by atoms with van der Waals surface area (Å²) in [4.78, 5) is 12.1. The molecule has 0 radical (unpaired) electrons. The zero-order chi connectivity index (χ0) is 17.1. The van der Waals surface area contributed by atoms with Crippen LogP contribution in [0.5, 0.6) is 0 Å². The maximum absolute atomic E-state index is 12.1. The van der Waals surface area contributed by atoms with Crippen molar-refractivity contribution < 1.29 is 13.9 Å². The number of hydrogen-bond donors (Lipinski definition) is 0. The maximum atomic E-state index is 12.1. The molecule has 0 saturated carbocycles. The van der Waals surface area contributed by atoms with Crippen LogP contribution in [0.4, 0.5) is 0 Å². The van der Waals surface area contributed by atoms with E-state index in [9.17, 15) is 4.79 Å². The molecular formula is C20H18N2O3. The molecule has 0 N–H and O–H groups in total. The Labute approximate surface area is 145 Å². The number of aryl methyl sites for hydroxylation is 2. The van der Waals surface area contributed by atoms with E-state index in [1.807, 2.05) is 36.4 Å². The fraction of sp³-hybridized carbons (Fsp3) is 0.250. The van der Waals surface area contributed by atoms with Gasteiger partial charge in [0.2, 0.25) is 5.89 Å². The molecule has 0 bridgehead atoms. The summed E-state index contributed by atoms with van der Waals surface area (Å²) in [5.74, 6) is 0.420. The molecule has 25 heavy (non-hydrogen) atoms. The number of rotatable bonds is 5. The fourth-order valence-electron chi connectivity index (χ4n) is 3.10. The first kappa shape index (κ1) is 15.6. The molecule has 126 valence electrons. The molecule has 1 aromatic heterocycles. The third-order valence-electron chi connectivity index (χ3n) is 4.36. The summed E-state index contributed by atoms with van der Waals surface area (Å²) < 4.78 is 10.8. The van der Waals surface area contributed by atoms with Gasteiger partial charge < -0.3 is 9.15 Å². The molecule has 3 aromatic rings. The highest BCUT2D eigenvalue weighted by Crippen LogP contribution is 2.23. The second-order valence-electron chi connectivity index (χ2n) is 6.16. The maximum Gasteiger partial charge on any atom is 0.310 e. The van der Waals surface area contributed by atoms with Crippen molar-refractivity contribution in [1.29, 1.82) is 0 Å². The van der Waals surface area contributed by atoms with Crippen LogP contribution in [0.2, 0.25) is 0 Å². The Hall–Kier alpha value is -2.95. The number of carbonyl (C=O) groups is 1. The first-order valence-corrected chi connectivity index (χ1v) is 8.42. The molecule has 0 saturated heterocycles. The summed E-state index contributed by atoms with van der Waals surface area (Å²) in [6.45, 7) is -0.0103. The Kier molecular flexibility index (Phi) is 4.29. The molecule has 0 atom stereocenters. The predicted molar refractivity (Wildman–Crippen MR) is 91.7 cm³/mol. The van der Waals surface area contributed by atoms with Crippen LogP contribution < -0.4 is 0 Å². The third kappa shape index (κ3) is 3.60. The Balaban J connectivity index is 1.34. The first-order chi connectivity index (χ1) is 12.3. The molecule has 0 unspecified atom stereocenters. The van der Waals surface area contributed by atoms with E-state index >= 15 is 0 Å². The van der Waals surface area contributed by atoms with E-state index in [0.29, 0.717) is 11.8 Å². The smallest absolute Gasteiger partial charge is 0.310 e. The summed E-state index contributed by atoms with van der Waals surface area (Å²) in [7, 11) is 0. The van der Waals surface area contributed by atoms with E-state index in [1.54, 1.807) is 0 Å². The van der Waals surface area contributed by atoms with Crippen molar-refractivity contribution in [3.05, 3.63) is 71.1 Å². The van der Waals surface area contributed by atoms with Gasteiger partial charge in [0.05, 0.1) is 6.42 Å². The summed E-state index contributed by atoms with van der Waals surface area (Å²) >= 11 is 0. The minimum absolute atomic E-state index is 0.0103. The Morgan fingerprint density at radius 3 is 2.76 bits per heavy atom. The highest BCUT2D eigenvalue weighted by molar-refractivity contribution is 5.72. The van der Waals surface area contributed by atoms with Gasteiger partial charge in [-0.15, -0.1) is 10.2 Å². The van der Waals surface area contributed by atoms with Crippen molar-refractivity contribution in [2.75, 3.05) is 0 Å². The number of nitrogens with zero attached hydrogens (tertiary/aromatic N) is 2. The van der Waals surface area contributed by atoms with Crippen LogP contribution in [0.3, 0.4) is 0 Å². The van der Waals surface area contributed by atoms with E-state index in [-0.39, 0.29) is 19.0 Å². The SMILES string of the molecule is O=C(Cc1ccc2c(c1)CCC2)OCc1nnc(-c2ccccc2)o1. The van der Waals surface area contributed by atoms with Crippen molar-refractivity contribution in [2.45, 2.75) is 32.3 Å².